The number of fused-ring (bicyclic) bond motifs is 2. The molecule has 9 nitrogen and oxygen atoms in total. The molecule has 3 heterocycles. The van der Waals surface area contributed by atoms with Gasteiger partial charge < -0.3 is 9.30 Å². The van der Waals surface area contributed by atoms with Gasteiger partial charge >= 0.3 is 5.91 Å². The third kappa shape index (κ3) is 1.82. The number of carbonyl (C=O) groups excluding carboxylic acids is 2. The highest BCUT2D eigenvalue weighted by Crippen LogP contribution is 2.31. The Labute approximate surface area is 118 Å². The van der Waals surface area contributed by atoms with E-state index in [0.717, 1.165) is 12.3 Å². The second-order valence-corrected chi connectivity index (χ2v) is 5.14. The average molecular weight is 292 g/mol. The monoisotopic (exact) mass is 292 g/mol. The Morgan fingerprint density at radius 1 is 1.52 bits per heavy atom. The maximum absolute atomic E-state index is 12.5. The summed E-state index contributed by atoms with van der Waals surface area (Å²) in [5.74, 6) is -2.96. The van der Waals surface area contributed by atoms with Crippen molar-refractivity contribution in [3.8, 4) is 0 Å². The van der Waals surface area contributed by atoms with E-state index in [9.17, 15) is 19.3 Å². The summed E-state index contributed by atoms with van der Waals surface area (Å²) >= 11 is 0. The van der Waals surface area contributed by atoms with Crippen molar-refractivity contribution in [1.29, 1.82) is 0 Å². The molecular weight excluding hydrogens is 280 g/mol. The molecule has 1 saturated heterocycles. The lowest BCUT2D eigenvalue weighted by atomic mass is 10.1. The molecule has 2 N–H and O–H groups in total. The van der Waals surface area contributed by atoms with E-state index in [0.29, 0.717) is 0 Å². The quantitative estimate of drug-likeness (QED) is 0.678. The number of aromatic nitrogens is 1. The van der Waals surface area contributed by atoms with Crippen LogP contribution in [0.1, 0.15) is 27.8 Å². The van der Waals surface area contributed by atoms with Crippen molar-refractivity contribution in [2.24, 2.45) is 10.9 Å². The fourth-order valence-corrected chi connectivity index (χ4v) is 2.74. The highest BCUT2D eigenvalue weighted by Gasteiger charge is 2.50. The molecule has 3 rings (SSSR count). The van der Waals surface area contributed by atoms with E-state index in [1.807, 2.05) is 0 Å². The van der Waals surface area contributed by atoms with Crippen LogP contribution in [0.25, 0.3) is 0 Å². The van der Waals surface area contributed by atoms with Crippen LogP contribution in [0.4, 0.5) is 0 Å². The summed E-state index contributed by atoms with van der Waals surface area (Å²) in [7, 11) is 0. The van der Waals surface area contributed by atoms with Gasteiger partial charge in [0.2, 0.25) is 5.85 Å². The van der Waals surface area contributed by atoms with E-state index in [1.165, 1.54) is 9.47 Å². The molecule has 1 fully saturated rings. The standard InChI is InChI=1S/C12H12N4O5/c1-6-4-21-12(13)5-15-3-7(10(18)14-20)9(17)2-8(15)11(19)16(6)12/h2-3,6H,4-5,13H2,1H3/t6-,12-/m0/s1. The summed E-state index contributed by atoms with van der Waals surface area (Å²) < 4.78 is 6.80. The minimum atomic E-state index is -1.33. The number of ether oxygens (including phenoxy) is 1. The summed E-state index contributed by atoms with van der Waals surface area (Å²) in [5.41, 5.74) is 5.04. The molecule has 0 radical (unpaired) electrons. The minimum Gasteiger partial charge on any atom is -0.339 e. The summed E-state index contributed by atoms with van der Waals surface area (Å²) in [4.78, 5) is 47.3. The molecule has 0 bridgehead atoms. The van der Waals surface area contributed by atoms with Gasteiger partial charge in [-0.2, -0.15) is 0 Å². The van der Waals surface area contributed by atoms with Crippen LogP contribution < -0.4 is 11.2 Å². The van der Waals surface area contributed by atoms with Crippen LogP contribution in [0.2, 0.25) is 0 Å². The fraction of sp³-hybridized carbons (Fsp3) is 0.417. The second kappa shape index (κ2) is 4.30. The van der Waals surface area contributed by atoms with Crippen LogP contribution >= 0.6 is 0 Å². The van der Waals surface area contributed by atoms with Crippen LogP contribution in [0.15, 0.2) is 22.2 Å². The first-order valence-electron chi connectivity index (χ1n) is 6.26. The number of carbonyl (C=O) groups is 2. The number of hydrogen-bond acceptors (Lipinski definition) is 6. The number of amides is 2. The van der Waals surface area contributed by atoms with E-state index in [-0.39, 0.29) is 24.9 Å². The Hall–Kier alpha value is -2.39. The molecule has 1 aromatic rings. The number of hydrogen-bond donors (Lipinski definition) is 1. The lowest BCUT2D eigenvalue weighted by Gasteiger charge is -2.40. The number of rotatable bonds is 1. The Morgan fingerprint density at radius 2 is 2.24 bits per heavy atom. The van der Waals surface area contributed by atoms with E-state index < -0.39 is 28.7 Å². The maximum Gasteiger partial charge on any atom is 0.322 e. The van der Waals surface area contributed by atoms with Crippen LogP contribution in [0, 0.1) is 4.91 Å². The molecule has 2 atom stereocenters. The largest absolute Gasteiger partial charge is 0.339 e. The van der Waals surface area contributed by atoms with Gasteiger partial charge in [-0.1, -0.05) is 0 Å². The maximum atomic E-state index is 12.5. The molecule has 110 valence electrons. The molecule has 2 amide bonds. The molecule has 0 aromatic carbocycles. The minimum absolute atomic E-state index is 0.0534. The van der Waals surface area contributed by atoms with Gasteiger partial charge in [-0.3, -0.25) is 25.0 Å². The van der Waals surface area contributed by atoms with Gasteiger partial charge in [0, 0.05) is 17.4 Å². The number of nitrogens with zero attached hydrogens (tertiary/aromatic N) is 3. The smallest absolute Gasteiger partial charge is 0.322 e. The molecular formula is C12H12N4O5. The molecule has 0 aliphatic carbocycles. The van der Waals surface area contributed by atoms with E-state index in [4.69, 9.17) is 10.5 Å². The van der Waals surface area contributed by atoms with Crippen molar-refractivity contribution in [3.05, 3.63) is 38.7 Å². The molecule has 21 heavy (non-hydrogen) atoms. The highest BCUT2D eigenvalue weighted by atomic mass is 16.5. The van der Waals surface area contributed by atoms with Gasteiger partial charge in [0.05, 0.1) is 19.2 Å². The lowest BCUT2D eigenvalue weighted by Crippen LogP contribution is -2.63. The predicted octanol–water partition coefficient (Wildman–Crippen LogP) is -0.758. The molecule has 0 spiro atoms. The molecule has 0 saturated carbocycles. The SMILES string of the molecule is C[C@H]1CO[C@]2(N)Cn3cc(C(=O)N=O)c(=O)cc3C(=O)N12. The summed E-state index contributed by atoms with van der Waals surface area (Å²) in [5, 5.41) is 2.22. The summed E-state index contributed by atoms with van der Waals surface area (Å²) in [6.45, 7) is 2.12. The first kappa shape index (κ1) is 13.6. The third-order valence-electron chi connectivity index (χ3n) is 3.70. The van der Waals surface area contributed by atoms with Gasteiger partial charge in [-0.05, 0) is 6.92 Å². The topological polar surface area (TPSA) is 124 Å². The average Bonchev–Trinajstić information content (AvgIpc) is 2.74. The highest BCUT2D eigenvalue weighted by molar-refractivity contribution is 5.97. The Kier molecular flexibility index (Phi) is 2.78. The molecule has 1 aromatic heterocycles. The van der Waals surface area contributed by atoms with E-state index in [2.05, 4.69) is 5.18 Å². The third-order valence-corrected chi connectivity index (χ3v) is 3.70. The molecule has 2 aliphatic heterocycles. The Morgan fingerprint density at radius 3 is 2.90 bits per heavy atom. The molecule has 2 aliphatic rings. The fourth-order valence-electron chi connectivity index (χ4n) is 2.74. The Bertz CT molecular complexity index is 727. The van der Waals surface area contributed by atoms with Crippen molar-refractivity contribution in [1.82, 2.24) is 9.47 Å². The Balaban J connectivity index is 2.16. The van der Waals surface area contributed by atoms with Gasteiger partial charge in [0.15, 0.2) is 5.43 Å². The van der Waals surface area contributed by atoms with E-state index >= 15 is 0 Å². The van der Waals surface area contributed by atoms with Gasteiger partial charge in [-0.25, -0.2) is 0 Å². The van der Waals surface area contributed by atoms with Crippen LogP contribution in [-0.4, -0.2) is 39.8 Å². The lowest BCUT2D eigenvalue weighted by molar-refractivity contribution is -0.0848. The zero-order valence-corrected chi connectivity index (χ0v) is 11.1. The number of nitroso groups, excluding NO2 is 1. The van der Waals surface area contributed by atoms with Gasteiger partial charge in [0.25, 0.3) is 5.91 Å². The van der Waals surface area contributed by atoms with E-state index in [1.54, 1.807) is 6.92 Å². The van der Waals surface area contributed by atoms with Crippen molar-refractivity contribution >= 4 is 11.8 Å². The second-order valence-electron chi connectivity index (χ2n) is 5.14. The summed E-state index contributed by atoms with van der Waals surface area (Å²) in [6, 6.07) is 0.801. The van der Waals surface area contributed by atoms with Gasteiger partial charge in [-0.15, -0.1) is 4.91 Å². The van der Waals surface area contributed by atoms with Crippen molar-refractivity contribution in [3.63, 3.8) is 0 Å². The zero-order valence-electron chi connectivity index (χ0n) is 11.1. The number of nitrogens with two attached hydrogens (primary N) is 1. The van der Waals surface area contributed by atoms with Crippen LogP contribution in [-0.2, 0) is 11.3 Å². The number of pyridine rings is 1. The van der Waals surface area contributed by atoms with Crippen molar-refractivity contribution in [2.45, 2.75) is 25.4 Å². The molecule has 0 unspecified atom stereocenters. The predicted molar refractivity (Wildman–Crippen MR) is 69.3 cm³/mol. The normalized spacial score (nSPS) is 27.2. The first-order valence-corrected chi connectivity index (χ1v) is 6.26. The van der Waals surface area contributed by atoms with Gasteiger partial charge in [0.1, 0.15) is 11.3 Å². The zero-order chi connectivity index (χ0) is 15.4. The van der Waals surface area contributed by atoms with Crippen molar-refractivity contribution < 1.29 is 14.3 Å². The van der Waals surface area contributed by atoms with Crippen LogP contribution in [0.3, 0.4) is 0 Å². The van der Waals surface area contributed by atoms with Crippen molar-refractivity contribution in [2.75, 3.05) is 6.61 Å². The summed E-state index contributed by atoms with van der Waals surface area (Å²) in [6.07, 6.45) is 1.12. The molecule has 9 heteroatoms. The van der Waals surface area contributed by atoms with Crippen LogP contribution in [0.5, 0.6) is 0 Å². The first-order chi connectivity index (χ1) is 9.87.